The van der Waals surface area contributed by atoms with Crippen LogP contribution in [0.4, 0.5) is 0 Å². The van der Waals surface area contributed by atoms with Crippen molar-refractivity contribution in [3.63, 3.8) is 0 Å². The number of rotatable bonds is 2. The van der Waals surface area contributed by atoms with Gasteiger partial charge in [0.25, 0.3) is 0 Å². The van der Waals surface area contributed by atoms with E-state index < -0.39 is 0 Å². The summed E-state index contributed by atoms with van der Waals surface area (Å²) in [4.78, 5) is 0. The van der Waals surface area contributed by atoms with Crippen LogP contribution in [0.25, 0.3) is 0 Å². The van der Waals surface area contributed by atoms with E-state index in [1.54, 1.807) is 22.3 Å². The lowest BCUT2D eigenvalue weighted by molar-refractivity contribution is 0.463. The fraction of sp³-hybridized carbons (Fsp3) is 0.625. The van der Waals surface area contributed by atoms with E-state index in [4.69, 9.17) is 0 Å². The van der Waals surface area contributed by atoms with Gasteiger partial charge in [-0.25, -0.2) is 0 Å². The van der Waals surface area contributed by atoms with Gasteiger partial charge in [0.05, 0.1) is 0 Å². The molecule has 2 unspecified atom stereocenters. The summed E-state index contributed by atoms with van der Waals surface area (Å²) in [6.07, 6.45) is 0. The summed E-state index contributed by atoms with van der Waals surface area (Å²) < 4.78 is 0. The Kier molecular flexibility index (Phi) is 1.65. The zero-order chi connectivity index (χ0) is 11.9. The van der Waals surface area contributed by atoms with E-state index in [0.717, 1.165) is 11.8 Å². The number of hydrogen-bond acceptors (Lipinski definition) is 0. The standard InChI is InChI=1S/C16H22/c1-9(2)15(5)11-7-8-12-14(13(11)15)16(12,6)10(3)4/h7-10H,1-6H3. The molecule has 2 aliphatic rings. The summed E-state index contributed by atoms with van der Waals surface area (Å²) in [7, 11) is 0. The van der Waals surface area contributed by atoms with Crippen LogP contribution in [-0.2, 0) is 10.8 Å². The molecule has 0 aliphatic heterocycles. The van der Waals surface area contributed by atoms with E-state index in [-0.39, 0.29) is 0 Å². The van der Waals surface area contributed by atoms with Gasteiger partial charge in [0.2, 0.25) is 0 Å². The summed E-state index contributed by atoms with van der Waals surface area (Å²) in [5.41, 5.74) is 7.39. The SMILES string of the molecule is CC(C)C1(C)c2ccc3c(c21)C3(C)C(C)C. The maximum absolute atomic E-state index is 2.42. The lowest BCUT2D eigenvalue weighted by atomic mass is 9.86. The van der Waals surface area contributed by atoms with Crippen LogP contribution in [0, 0.1) is 11.8 Å². The molecule has 0 heteroatoms. The highest BCUT2D eigenvalue weighted by molar-refractivity contribution is 5.76. The molecule has 3 rings (SSSR count). The van der Waals surface area contributed by atoms with Gasteiger partial charge in [-0.1, -0.05) is 53.7 Å². The summed E-state index contributed by atoms with van der Waals surface area (Å²) in [6, 6.07) is 4.75. The molecular weight excluding hydrogens is 192 g/mol. The summed E-state index contributed by atoms with van der Waals surface area (Å²) >= 11 is 0. The van der Waals surface area contributed by atoms with E-state index in [9.17, 15) is 0 Å². The Morgan fingerprint density at radius 1 is 0.750 bits per heavy atom. The minimum Gasteiger partial charge on any atom is -0.0616 e. The first-order valence-corrected chi connectivity index (χ1v) is 6.55. The van der Waals surface area contributed by atoms with Crippen LogP contribution in [0.1, 0.15) is 63.8 Å². The second-order valence-electron chi connectivity index (χ2n) is 6.62. The molecule has 0 saturated heterocycles. The quantitative estimate of drug-likeness (QED) is 0.691. The lowest BCUT2D eigenvalue weighted by Crippen LogP contribution is -2.14. The minimum atomic E-state index is 0.389. The molecule has 0 fully saturated rings. The highest BCUT2D eigenvalue weighted by Crippen LogP contribution is 2.67. The van der Waals surface area contributed by atoms with Crippen molar-refractivity contribution >= 4 is 0 Å². The topological polar surface area (TPSA) is 0 Å². The van der Waals surface area contributed by atoms with E-state index in [1.807, 2.05) is 0 Å². The van der Waals surface area contributed by atoms with Gasteiger partial charge in [-0.05, 0) is 34.1 Å². The summed E-state index contributed by atoms with van der Waals surface area (Å²) in [6.45, 7) is 14.2. The van der Waals surface area contributed by atoms with Crippen LogP contribution in [0.2, 0.25) is 0 Å². The van der Waals surface area contributed by atoms with E-state index in [2.05, 4.69) is 53.7 Å². The van der Waals surface area contributed by atoms with Crippen LogP contribution < -0.4 is 0 Å². The average molecular weight is 214 g/mol. The molecule has 2 atom stereocenters. The molecule has 0 aromatic heterocycles. The summed E-state index contributed by atoms with van der Waals surface area (Å²) in [5.74, 6) is 1.46. The first-order chi connectivity index (χ1) is 7.36. The van der Waals surface area contributed by atoms with E-state index in [0.29, 0.717) is 10.8 Å². The third-order valence-corrected chi connectivity index (χ3v) is 5.55. The highest BCUT2D eigenvalue weighted by atomic mass is 14.6. The first-order valence-electron chi connectivity index (χ1n) is 6.55. The molecule has 0 N–H and O–H groups in total. The van der Waals surface area contributed by atoms with Crippen molar-refractivity contribution in [3.05, 3.63) is 34.4 Å². The smallest absolute Gasteiger partial charge is 0.0207 e. The molecule has 16 heavy (non-hydrogen) atoms. The first kappa shape index (κ1) is 10.4. The Balaban J connectivity index is 2.10. The maximum atomic E-state index is 2.42. The molecular formula is C16H22. The van der Waals surface area contributed by atoms with Crippen molar-refractivity contribution in [1.82, 2.24) is 0 Å². The van der Waals surface area contributed by atoms with Gasteiger partial charge in [0.15, 0.2) is 0 Å². The monoisotopic (exact) mass is 214 g/mol. The lowest BCUT2D eigenvalue weighted by Gasteiger charge is -2.17. The summed E-state index contributed by atoms with van der Waals surface area (Å²) in [5, 5.41) is 0. The fourth-order valence-corrected chi connectivity index (χ4v) is 3.50. The molecule has 0 radical (unpaired) electrons. The zero-order valence-corrected chi connectivity index (χ0v) is 11.3. The molecule has 0 spiro atoms. The molecule has 0 saturated carbocycles. The Labute approximate surface area is 99.1 Å². The zero-order valence-electron chi connectivity index (χ0n) is 11.3. The Morgan fingerprint density at radius 2 is 1.06 bits per heavy atom. The van der Waals surface area contributed by atoms with Crippen LogP contribution in [-0.4, -0.2) is 0 Å². The molecule has 86 valence electrons. The molecule has 0 bridgehead atoms. The third kappa shape index (κ3) is 0.849. The van der Waals surface area contributed by atoms with Gasteiger partial charge in [-0.3, -0.25) is 0 Å². The average Bonchev–Trinajstić information content (AvgIpc) is 3.03. The molecule has 2 aliphatic carbocycles. The molecule has 1 aromatic rings. The highest BCUT2D eigenvalue weighted by Gasteiger charge is 2.60. The second kappa shape index (κ2) is 2.55. The van der Waals surface area contributed by atoms with Crippen LogP contribution in [0.15, 0.2) is 12.1 Å². The van der Waals surface area contributed by atoms with Crippen molar-refractivity contribution in [2.75, 3.05) is 0 Å². The largest absolute Gasteiger partial charge is 0.0616 e. The molecule has 0 amide bonds. The van der Waals surface area contributed by atoms with Crippen molar-refractivity contribution in [1.29, 1.82) is 0 Å². The molecule has 0 heterocycles. The van der Waals surface area contributed by atoms with Gasteiger partial charge < -0.3 is 0 Å². The van der Waals surface area contributed by atoms with Crippen LogP contribution in [0.3, 0.4) is 0 Å². The molecule has 1 aromatic carbocycles. The van der Waals surface area contributed by atoms with Gasteiger partial charge >= 0.3 is 0 Å². The van der Waals surface area contributed by atoms with Gasteiger partial charge in [0, 0.05) is 10.8 Å². The third-order valence-electron chi connectivity index (χ3n) is 5.55. The number of hydrogen-bond donors (Lipinski definition) is 0. The fourth-order valence-electron chi connectivity index (χ4n) is 3.50. The maximum Gasteiger partial charge on any atom is 0.0207 e. The van der Waals surface area contributed by atoms with Gasteiger partial charge in [-0.15, -0.1) is 0 Å². The Bertz CT molecular complexity index is 436. The van der Waals surface area contributed by atoms with Crippen molar-refractivity contribution in [2.45, 2.75) is 52.4 Å². The Hall–Kier alpha value is -0.780. The van der Waals surface area contributed by atoms with Crippen molar-refractivity contribution in [3.8, 4) is 0 Å². The van der Waals surface area contributed by atoms with E-state index in [1.165, 1.54) is 0 Å². The normalized spacial score (nSPS) is 34.0. The predicted octanol–water partition coefficient (Wildman–Crippen LogP) is 4.24. The van der Waals surface area contributed by atoms with Crippen molar-refractivity contribution in [2.24, 2.45) is 11.8 Å². The Morgan fingerprint density at radius 3 is 1.31 bits per heavy atom. The van der Waals surface area contributed by atoms with Gasteiger partial charge in [0.1, 0.15) is 0 Å². The second-order valence-corrected chi connectivity index (χ2v) is 6.62. The number of fused-ring (bicyclic) bond motifs is 3. The van der Waals surface area contributed by atoms with Gasteiger partial charge in [-0.2, -0.15) is 0 Å². The predicted molar refractivity (Wildman–Crippen MR) is 69.0 cm³/mol. The van der Waals surface area contributed by atoms with E-state index >= 15 is 0 Å². The van der Waals surface area contributed by atoms with Crippen LogP contribution in [0.5, 0.6) is 0 Å². The molecule has 0 nitrogen and oxygen atoms in total. The van der Waals surface area contributed by atoms with Crippen LogP contribution >= 0.6 is 0 Å². The number of benzene rings is 1. The minimum absolute atomic E-state index is 0.389. The van der Waals surface area contributed by atoms with Crippen molar-refractivity contribution < 1.29 is 0 Å².